The number of hydrogen-bond donors (Lipinski definition) is 0. The summed E-state index contributed by atoms with van der Waals surface area (Å²) in [7, 11) is 1.40. The first-order valence-corrected chi connectivity index (χ1v) is 4.82. The predicted molar refractivity (Wildman–Crippen MR) is 51.5 cm³/mol. The Kier molecular flexibility index (Phi) is 9.23. The quantitative estimate of drug-likeness (QED) is 0.440. The van der Waals surface area contributed by atoms with Crippen LogP contribution in [0.2, 0.25) is 0 Å². The van der Waals surface area contributed by atoms with E-state index < -0.39 is 0 Å². The molecule has 0 bridgehead atoms. The van der Waals surface area contributed by atoms with Gasteiger partial charge >= 0.3 is 5.97 Å². The molecule has 0 aromatic carbocycles. The van der Waals surface area contributed by atoms with E-state index >= 15 is 0 Å². The van der Waals surface area contributed by atoms with Gasteiger partial charge in [0.25, 0.3) is 0 Å². The van der Waals surface area contributed by atoms with E-state index in [2.05, 4.69) is 4.74 Å². The summed E-state index contributed by atoms with van der Waals surface area (Å²) in [5.41, 5.74) is 0. The van der Waals surface area contributed by atoms with Gasteiger partial charge in [-0.05, 0) is 12.8 Å². The van der Waals surface area contributed by atoms with Crippen molar-refractivity contribution >= 4 is 5.97 Å². The van der Waals surface area contributed by atoms with E-state index in [1.165, 1.54) is 7.11 Å². The van der Waals surface area contributed by atoms with Crippen LogP contribution in [0.1, 0.15) is 32.1 Å². The molecule has 0 atom stereocenters. The van der Waals surface area contributed by atoms with Gasteiger partial charge in [0.05, 0.1) is 26.2 Å². The molecule has 0 fully saturated rings. The molecule has 0 saturated carbocycles. The minimum Gasteiger partial charge on any atom is -0.469 e. The Bertz CT molecular complexity index is 186. The molecule has 0 aromatic heterocycles. The summed E-state index contributed by atoms with van der Waals surface area (Å²) in [5, 5.41) is 8.21. The highest BCUT2D eigenvalue weighted by Gasteiger charge is 1.98. The number of nitrogens with zero attached hydrogens (tertiary/aromatic N) is 1. The lowest BCUT2D eigenvalue weighted by Crippen LogP contribution is -2.00. The van der Waals surface area contributed by atoms with E-state index in [1.54, 1.807) is 0 Å². The third kappa shape index (κ3) is 9.01. The normalized spacial score (nSPS) is 9.43. The zero-order valence-electron chi connectivity index (χ0n) is 8.62. The third-order valence-electron chi connectivity index (χ3n) is 1.76. The summed E-state index contributed by atoms with van der Waals surface area (Å²) in [5.74, 6) is -0.157. The second-order valence-electron chi connectivity index (χ2n) is 2.91. The van der Waals surface area contributed by atoms with Crippen molar-refractivity contribution in [3.63, 3.8) is 0 Å². The zero-order chi connectivity index (χ0) is 10.6. The highest BCUT2D eigenvalue weighted by Crippen LogP contribution is 2.01. The first-order valence-electron chi connectivity index (χ1n) is 4.82. The van der Waals surface area contributed by atoms with E-state index in [0.717, 1.165) is 19.3 Å². The molecule has 0 aromatic rings. The Morgan fingerprint density at radius 3 is 2.71 bits per heavy atom. The Balaban J connectivity index is 3.00. The molecular formula is C10H17NO3. The number of hydrogen-bond acceptors (Lipinski definition) is 4. The van der Waals surface area contributed by atoms with Crippen LogP contribution in [0.4, 0.5) is 0 Å². The maximum atomic E-state index is 10.7. The Labute approximate surface area is 84.8 Å². The van der Waals surface area contributed by atoms with Crippen LogP contribution in [0.5, 0.6) is 0 Å². The van der Waals surface area contributed by atoms with Gasteiger partial charge in [0.15, 0.2) is 0 Å². The molecular weight excluding hydrogens is 182 g/mol. The second kappa shape index (κ2) is 10.0. The molecule has 0 aliphatic carbocycles. The summed E-state index contributed by atoms with van der Waals surface area (Å²) in [6.45, 7) is 1.18. The second-order valence-corrected chi connectivity index (χ2v) is 2.91. The van der Waals surface area contributed by atoms with Crippen molar-refractivity contribution in [3.8, 4) is 6.07 Å². The maximum absolute atomic E-state index is 10.7. The number of carbonyl (C=O) groups is 1. The maximum Gasteiger partial charge on any atom is 0.305 e. The average molecular weight is 199 g/mol. The molecule has 0 spiro atoms. The van der Waals surface area contributed by atoms with Crippen LogP contribution in [0.15, 0.2) is 0 Å². The Morgan fingerprint density at radius 2 is 2.07 bits per heavy atom. The van der Waals surface area contributed by atoms with E-state index in [-0.39, 0.29) is 5.97 Å². The first-order chi connectivity index (χ1) is 6.81. The van der Waals surface area contributed by atoms with Gasteiger partial charge in [-0.1, -0.05) is 6.42 Å². The zero-order valence-corrected chi connectivity index (χ0v) is 8.62. The molecule has 14 heavy (non-hydrogen) atoms. The number of methoxy groups -OCH3 is 1. The van der Waals surface area contributed by atoms with E-state index in [9.17, 15) is 4.79 Å². The van der Waals surface area contributed by atoms with Crippen molar-refractivity contribution in [3.05, 3.63) is 0 Å². The summed E-state index contributed by atoms with van der Waals surface area (Å²) >= 11 is 0. The Morgan fingerprint density at radius 1 is 1.29 bits per heavy atom. The van der Waals surface area contributed by atoms with E-state index in [0.29, 0.717) is 26.1 Å². The fourth-order valence-corrected chi connectivity index (χ4v) is 0.972. The van der Waals surface area contributed by atoms with E-state index in [1.807, 2.05) is 6.07 Å². The summed E-state index contributed by atoms with van der Waals surface area (Å²) in [6.07, 6.45) is 3.66. The van der Waals surface area contributed by atoms with Crippen molar-refractivity contribution < 1.29 is 14.3 Å². The van der Waals surface area contributed by atoms with Gasteiger partial charge in [-0.15, -0.1) is 0 Å². The minimum absolute atomic E-state index is 0.157. The van der Waals surface area contributed by atoms with Crippen LogP contribution in [0.25, 0.3) is 0 Å². The number of carbonyl (C=O) groups excluding carboxylic acids is 1. The van der Waals surface area contributed by atoms with Gasteiger partial charge in [-0.2, -0.15) is 5.26 Å². The molecule has 0 rings (SSSR count). The number of nitriles is 1. The first kappa shape index (κ1) is 12.9. The van der Waals surface area contributed by atoms with Gasteiger partial charge in [0, 0.05) is 13.0 Å². The van der Waals surface area contributed by atoms with Gasteiger partial charge < -0.3 is 9.47 Å². The molecule has 80 valence electrons. The molecule has 0 saturated heterocycles. The smallest absolute Gasteiger partial charge is 0.305 e. The number of rotatable bonds is 8. The molecule has 0 amide bonds. The molecule has 0 aliphatic rings. The SMILES string of the molecule is COC(=O)CCCCCOCCC#N. The summed E-state index contributed by atoms with van der Waals surface area (Å²) in [4.78, 5) is 10.7. The van der Waals surface area contributed by atoms with Gasteiger partial charge in [-0.3, -0.25) is 4.79 Å². The standard InChI is InChI=1S/C10H17NO3/c1-13-10(12)6-3-2-4-8-14-9-5-7-11/h2-6,8-9H2,1H3. The molecule has 0 aliphatic heterocycles. The number of unbranched alkanes of at least 4 members (excludes halogenated alkanes) is 2. The molecule has 0 unspecified atom stereocenters. The topological polar surface area (TPSA) is 59.3 Å². The van der Waals surface area contributed by atoms with Crippen LogP contribution >= 0.6 is 0 Å². The van der Waals surface area contributed by atoms with Crippen LogP contribution in [0.3, 0.4) is 0 Å². The Hall–Kier alpha value is -1.08. The lowest BCUT2D eigenvalue weighted by molar-refractivity contribution is -0.140. The monoisotopic (exact) mass is 199 g/mol. The predicted octanol–water partition coefficient (Wildman–Crippen LogP) is 1.65. The van der Waals surface area contributed by atoms with Gasteiger partial charge in [0.2, 0.25) is 0 Å². The van der Waals surface area contributed by atoms with Crippen LogP contribution in [0, 0.1) is 11.3 Å². The highest BCUT2D eigenvalue weighted by molar-refractivity contribution is 5.68. The minimum atomic E-state index is -0.157. The molecule has 0 N–H and O–H groups in total. The summed E-state index contributed by atoms with van der Waals surface area (Å²) in [6, 6.07) is 2.01. The van der Waals surface area contributed by atoms with Crippen molar-refractivity contribution in [2.45, 2.75) is 32.1 Å². The van der Waals surface area contributed by atoms with Crippen molar-refractivity contribution in [2.75, 3.05) is 20.3 Å². The number of ether oxygens (including phenoxy) is 2. The lowest BCUT2D eigenvalue weighted by Gasteiger charge is -2.01. The van der Waals surface area contributed by atoms with Crippen molar-refractivity contribution in [1.82, 2.24) is 0 Å². The van der Waals surface area contributed by atoms with Gasteiger partial charge in [0.1, 0.15) is 0 Å². The van der Waals surface area contributed by atoms with Crippen LogP contribution in [-0.4, -0.2) is 26.3 Å². The highest BCUT2D eigenvalue weighted by atomic mass is 16.5. The fourth-order valence-electron chi connectivity index (χ4n) is 0.972. The lowest BCUT2D eigenvalue weighted by atomic mass is 10.2. The molecule has 0 radical (unpaired) electrons. The van der Waals surface area contributed by atoms with Crippen molar-refractivity contribution in [1.29, 1.82) is 5.26 Å². The third-order valence-corrected chi connectivity index (χ3v) is 1.76. The van der Waals surface area contributed by atoms with Crippen molar-refractivity contribution in [2.24, 2.45) is 0 Å². The summed E-state index contributed by atoms with van der Waals surface area (Å²) < 4.78 is 9.67. The molecule has 0 heterocycles. The number of esters is 1. The van der Waals surface area contributed by atoms with Crippen LogP contribution < -0.4 is 0 Å². The molecule has 4 heteroatoms. The average Bonchev–Trinajstić information content (AvgIpc) is 2.21. The molecule has 4 nitrogen and oxygen atoms in total. The van der Waals surface area contributed by atoms with Crippen LogP contribution in [-0.2, 0) is 14.3 Å². The fraction of sp³-hybridized carbons (Fsp3) is 0.800. The van der Waals surface area contributed by atoms with Gasteiger partial charge in [-0.25, -0.2) is 0 Å². The van der Waals surface area contributed by atoms with E-state index in [4.69, 9.17) is 10.00 Å². The largest absolute Gasteiger partial charge is 0.469 e.